The van der Waals surface area contributed by atoms with Crippen LogP contribution in [0.2, 0.25) is 0 Å². The number of ether oxygens (including phenoxy) is 1. The first-order chi connectivity index (χ1) is 10.3. The van der Waals surface area contributed by atoms with Gasteiger partial charge in [-0.1, -0.05) is 26.2 Å². The third-order valence-electron chi connectivity index (χ3n) is 5.75. The van der Waals surface area contributed by atoms with Gasteiger partial charge in [0, 0.05) is 13.6 Å². The van der Waals surface area contributed by atoms with E-state index in [2.05, 4.69) is 22.5 Å². The van der Waals surface area contributed by atoms with Gasteiger partial charge in [0.2, 0.25) is 0 Å². The van der Waals surface area contributed by atoms with Crippen LogP contribution < -0.4 is 10.6 Å². The Morgan fingerprint density at radius 3 is 2.43 bits per heavy atom. The molecule has 120 valence electrons. The van der Waals surface area contributed by atoms with Gasteiger partial charge in [-0.05, 0) is 43.9 Å². The van der Waals surface area contributed by atoms with Crippen molar-refractivity contribution in [2.24, 2.45) is 16.8 Å². The second-order valence-electron chi connectivity index (χ2n) is 7.11. The SMILES string of the molecule is CCC1CCC(CNC(=NC)NC2CC3CCC2O3)CC1. The summed E-state index contributed by atoms with van der Waals surface area (Å²) in [6, 6.07) is 0.464. The van der Waals surface area contributed by atoms with Gasteiger partial charge in [0.1, 0.15) is 0 Å². The van der Waals surface area contributed by atoms with Crippen LogP contribution in [0.4, 0.5) is 0 Å². The van der Waals surface area contributed by atoms with Crippen LogP contribution in [0, 0.1) is 11.8 Å². The fraction of sp³-hybridized carbons (Fsp3) is 0.941. The number of hydrogen-bond donors (Lipinski definition) is 2. The van der Waals surface area contributed by atoms with Crippen molar-refractivity contribution in [1.29, 1.82) is 0 Å². The predicted molar refractivity (Wildman–Crippen MR) is 86.5 cm³/mol. The highest BCUT2D eigenvalue weighted by Gasteiger charge is 2.41. The lowest BCUT2D eigenvalue weighted by molar-refractivity contribution is 0.0992. The Morgan fingerprint density at radius 2 is 1.86 bits per heavy atom. The molecule has 4 nitrogen and oxygen atoms in total. The Balaban J connectivity index is 1.39. The molecule has 0 aromatic rings. The number of fused-ring (bicyclic) bond motifs is 2. The Hall–Kier alpha value is -0.770. The van der Waals surface area contributed by atoms with Crippen LogP contribution in [0.25, 0.3) is 0 Å². The molecular weight excluding hydrogens is 262 g/mol. The van der Waals surface area contributed by atoms with E-state index in [9.17, 15) is 0 Å². The van der Waals surface area contributed by atoms with Crippen molar-refractivity contribution in [3.8, 4) is 0 Å². The summed E-state index contributed by atoms with van der Waals surface area (Å²) < 4.78 is 5.90. The normalized spacial score (nSPS) is 39.5. The second-order valence-corrected chi connectivity index (χ2v) is 7.11. The summed E-state index contributed by atoms with van der Waals surface area (Å²) in [6.45, 7) is 3.39. The molecule has 3 fully saturated rings. The molecule has 0 aromatic heterocycles. The van der Waals surface area contributed by atoms with Gasteiger partial charge in [-0.25, -0.2) is 0 Å². The van der Waals surface area contributed by atoms with Crippen LogP contribution in [0.5, 0.6) is 0 Å². The van der Waals surface area contributed by atoms with Crippen molar-refractivity contribution in [3.63, 3.8) is 0 Å². The predicted octanol–water partition coefficient (Wildman–Crippen LogP) is 2.69. The molecule has 1 aliphatic carbocycles. The summed E-state index contributed by atoms with van der Waals surface area (Å²) in [5, 5.41) is 7.11. The van der Waals surface area contributed by atoms with Crippen molar-refractivity contribution in [2.45, 2.75) is 76.5 Å². The molecule has 3 rings (SSSR count). The quantitative estimate of drug-likeness (QED) is 0.619. The Labute approximate surface area is 129 Å². The summed E-state index contributed by atoms with van der Waals surface area (Å²) in [4.78, 5) is 4.39. The summed E-state index contributed by atoms with van der Waals surface area (Å²) in [7, 11) is 1.87. The van der Waals surface area contributed by atoms with Gasteiger partial charge >= 0.3 is 0 Å². The van der Waals surface area contributed by atoms with E-state index in [1.54, 1.807) is 0 Å². The van der Waals surface area contributed by atoms with Gasteiger partial charge in [-0.2, -0.15) is 0 Å². The average molecular weight is 293 g/mol. The van der Waals surface area contributed by atoms with Crippen LogP contribution in [0.1, 0.15) is 58.3 Å². The zero-order valence-corrected chi connectivity index (χ0v) is 13.6. The van der Waals surface area contributed by atoms with Crippen molar-refractivity contribution < 1.29 is 4.74 Å². The minimum atomic E-state index is 0.411. The van der Waals surface area contributed by atoms with E-state index >= 15 is 0 Å². The molecule has 3 atom stereocenters. The van der Waals surface area contributed by atoms with E-state index in [4.69, 9.17) is 4.74 Å². The van der Waals surface area contributed by atoms with Gasteiger partial charge in [-0.3, -0.25) is 4.99 Å². The molecule has 0 aromatic carbocycles. The number of guanidine groups is 1. The minimum Gasteiger partial charge on any atom is -0.373 e. The van der Waals surface area contributed by atoms with Crippen LogP contribution in [0.3, 0.4) is 0 Å². The van der Waals surface area contributed by atoms with Gasteiger partial charge < -0.3 is 15.4 Å². The van der Waals surface area contributed by atoms with E-state index in [0.29, 0.717) is 18.2 Å². The van der Waals surface area contributed by atoms with Gasteiger partial charge in [0.05, 0.1) is 18.2 Å². The molecule has 0 amide bonds. The second kappa shape index (κ2) is 6.99. The van der Waals surface area contributed by atoms with Gasteiger partial charge in [0.15, 0.2) is 5.96 Å². The number of nitrogens with one attached hydrogen (secondary N) is 2. The van der Waals surface area contributed by atoms with Crippen molar-refractivity contribution >= 4 is 5.96 Å². The summed E-state index contributed by atoms with van der Waals surface area (Å²) in [5.74, 6) is 2.77. The molecule has 3 unspecified atom stereocenters. The molecule has 2 heterocycles. The maximum atomic E-state index is 5.90. The average Bonchev–Trinajstić information content (AvgIpc) is 3.14. The highest BCUT2D eigenvalue weighted by atomic mass is 16.5. The van der Waals surface area contributed by atoms with Crippen LogP contribution in [-0.2, 0) is 4.74 Å². The first-order valence-electron chi connectivity index (χ1n) is 8.91. The molecule has 2 aliphatic heterocycles. The van der Waals surface area contributed by atoms with Gasteiger partial charge in [0.25, 0.3) is 0 Å². The Morgan fingerprint density at radius 1 is 1.10 bits per heavy atom. The molecule has 21 heavy (non-hydrogen) atoms. The van der Waals surface area contributed by atoms with Crippen LogP contribution in [-0.4, -0.2) is 37.8 Å². The van der Waals surface area contributed by atoms with Crippen molar-refractivity contribution in [2.75, 3.05) is 13.6 Å². The zero-order valence-electron chi connectivity index (χ0n) is 13.6. The largest absolute Gasteiger partial charge is 0.373 e. The minimum absolute atomic E-state index is 0.411. The molecule has 2 N–H and O–H groups in total. The molecular formula is C17H31N3O. The smallest absolute Gasteiger partial charge is 0.191 e. The zero-order chi connectivity index (χ0) is 14.7. The van der Waals surface area contributed by atoms with Crippen molar-refractivity contribution in [1.82, 2.24) is 10.6 Å². The standard InChI is InChI=1S/C17H31N3O/c1-3-12-4-6-13(7-5-12)11-19-17(18-2)20-15-10-14-8-9-16(15)21-14/h12-16H,3-11H2,1-2H3,(H2,18,19,20). The molecule has 3 aliphatic rings. The highest BCUT2D eigenvalue weighted by Crippen LogP contribution is 2.34. The van der Waals surface area contributed by atoms with Crippen molar-refractivity contribution in [3.05, 3.63) is 0 Å². The highest BCUT2D eigenvalue weighted by molar-refractivity contribution is 5.80. The molecule has 0 spiro atoms. The molecule has 1 saturated carbocycles. The lowest BCUT2D eigenvalue weighted by Gasteiger charge is -2.29. The molecule has 4 heteroatoms. The maximum absolute atomic E-state index is 5.90. The summed E-state index contributed by atoms with van der Waals surface area (Å²) in [5.41, 5.74) is 0. The fourth-order valence-electron chi connectivity index (χ4n) is 4.24. The first kappa shape index (κ1) is 15.1. The molecule has 2 bridgehead atoms. The molecule has 0 radical (unpaired) electrons. The molecule has 2 saturated heterocycles. The van der Waals surface area contributed by atoms with E-state index in [1.165, 1.54) is 44.9 Å². The van der Waals surface area contributed by atoms with Crippen LogP contribution in [0.15, 0.2) is 4.99 Å². The Bertz CT molecular complexity index is 363. The lowest BCUT2D eigenvalue weighted by Crippen LogP contribution is -2.48. The Kier molecular flexibility index (Phi) is 5.04. The first-order valence-corrected chi connectivity index (χ1v) is 8.91. The lowest BCUT2D eigenvalue weighted by atomic mass is 9.81. The van der Waals surface area contributed by atoms with E-state index in [1.807, 2.05) is 7.05 Å². The van der Waals surface area contributed by atoms with Crippen LogP contribution >= 0.6 is 0 Å². The topological polar surface area (TPSA) is 45.7 Å². The van der Waals surface area contributed by atoms with E-state index in [-0.39, 0.29) is 0 Å². The fourth-order valence-corrected chi connectivity index (χ4v) is 4.24. The van der Waals surface area contributed by atoms with E-state index in [0.717, 1.165) is 30.8 Å². The number of nitrogens with zero attached hydrogens (tertiary/aromatic N) is 1. The van der Waals surface area contributed by atoms with E-state index < -0.39 is 0 Å². The number of hydrogen-bond acceptors (Lipinski definition) is 2. The third-order valence-corrected chi connectivity index (χ3v) is 5.75. The summed E-state index contributed by atoms with van der Waals surface area (Å²) in [6.07, 6.45) is 11.4. The van der Waals surface area contributed by atoms with Gasteiger partial charge in [-0.15, -0.1) is 0 Å². The third kappa shape index (κ3) is 3.71. The monoisotopic (exact) mass is 293 g/mol. The number of rotatable bonds is 4. The maximum Gasteiger partial charge on any atom is 0.191 e. The summed E-state index contributed by atoms with van der Waals surface area (Å²) >= 11 is 0. The number of aliphatic imine (C=N–C) groups is 1.